The maximum atomic E-state index is 9.87. The second kappa shape index (κ2) is 10.4. The van der Waals surface area contributed by atoms with Crippen LogP contribution in [-0.4, -0.2) is 29.4 Å². The highest BCUT2D eigenvalue weighted by atomic mass is 16.4. The molecule has 0 aliphatic carbocycles. The normalized spacial score (nSPS) is 9.45. The molecule has 0 fully saturated rings. The van der Waals surface area contributed by atoms with E-state index in [9.17, 15) is 9.59 Å². The van der Waals surface area contributed by atoms with Gasteiger partial charge in [-0.25, -0.2) is 5.43 Å². The zero-order chi connectivity index (χ0) is 17.1. The molecule has 0 aliphatic rings. The molecular formula is C16H23N3O3. The number of carbonyl (C=O) groups is 2. The minimum Gasteiger partial charge on any atom is -0.481 e. The van der Waals surface area contributed by atoms with Gasteiger partial charge in [0.2, 0.25) is 0 Å². The SMILES string of the molecule is CC(=O)CC(=O)O.CCN(NC(C)C)c1cccc(C#N)c1. The van der Waals surface area contributed by atoms with Crippen molar-refractivity contribution in [1.29, 1.82) is 5.26 Å². The molecule has 1 aromatic rings. The predicted molar refractivity (Wildman–Crippen MR) is 85.4 cm³/mol. The van der Waals surface area contributed by atoms with Gasteiger partial charge in [-0.1, -0.05) is 6.07 Å². The van der Waals surface area contributed by atoms with Crippen LogP contribution in [0.15, 0.2) is 24.3 Å². The summed E-state index contributed by atoms with van der Waals surface area (Å²) >= 11 is 0. The van der Waals surface area contributed by atoms with Crippen LogP contribution in [0.3, 0.4) is 0 Å². The second-order valence-electron chi connectivity index (χ2n) is 4.96. The monoisotopic (exact) mass is 305 g/mol. The molecule has 6 heteroatoms. The van der Waals surface area contributed by atoms with Crippen molar-refractivity contribution in [1.82, 2.24) is 5.43 Å². The Morgan fingerprint density at radius 3 is 2.41 bits per heavy atom. The average Bonchev–Trinajstić information content (AvgIpc) is 2.43. The minimum atomic E-state index is -1.06. The van der Waals surface area contributed by atoms with Gasteiger partial charge in [-0.15, -0.1) is 0 Å². The number of aliphatic carboxylic acids is 1. The van der Waals surface area contributed by atoms with E-state index < -0.39 is 5.97 Å². The molecule has 0 aliphatic heterocycles. The molecule has 2 N–H and O–H groups in total. The molecule has 1 aromatic carbocycles. The summed E-state index contributed by atoms with van der Waals surface area (Å²) < 4.78 is 0. The molecule has 0 spiro atoms. The highest BCUT2D eigenvalue weighted by Crippen LogP contribution is 2.14. The number of carbonyl (C=O) groups excluding carboxylic acids is 1. The summed E-state index contributed by atoms with van der Waals surface area (Å²) in [5.74, 6) is -1.37. The number of hydrogen-bond acceptors (Lipinski definition) is 5. The fraction of sp³-hybridized carbons (Fsp3) is 0.438. The minimum absolute atomic E-state index is 0.312. The van der Waals surface area contributed by atoms with Gasteiger partial charge < -0.3 is 10.1 Å². The second-order valence-corrected chi connectivity index (χ2v) is 4.96. The first kappa shape index (κ1) is 19.6. The molecule has 0 bridgehead atoms. The van der Waals surface area contributed by atoms with Gasteiger partial charge >= 0.3 is 5.97 Å². The van der Waals surface area contributed by atoms with Gasteiger partial charge in [0.25, 0.3) is 0 Å². The molecule has 6 nitrogen and oxygen atoms in total. The van der Waals surface area contributed by atoms with Crippen molar-refractivity contribution in [2.45, 2.75) is 40.2 Å². The number of hydrazine groups is 1. The molecule has 0 unspecified atom stereocenters. The smallest absolute Gasteiger partial charge is 0.310 e. The number of carboxylic acids is 1. The van der Waals surface area contributed by atoms with E-state index in [1.54, 1.807) is 0 Å². The third-order valence-corrected chi connectivity index (χ3v) is 2.42. The van der Waals surface area contributed by atoms with Crippen molar-refractivity contribution in [3.8, 4) is 6.07 Å². The van der Waals surface area contributed by atoms with Crippen LogP contribution in [-0.2, 0) is 9.59 Å². The maximum Gasteiger partial charge on any atom is 0.310 e. The third-order valence-electron chi connectivity index (χ3n) is 2.42. The standard InChI is InChI=1S/C12H17N3.C4H6O3/c1-4-15(14-10(2)3)12-7-5-6-11(8-12)9-13;1-3(5)2-4(6)7/h5-8,10,14H,4H2,1-3H3;2H2,1H3,(H,6,7). The lowest BCUT2D eigenvalue weighted by molar-refractivity contribution is -0.139. The van der Waals surface area contributed by atoms with Crippen molar-refractivity contribution >= 4 is 17.4 Å². The van der Waals surface area contributed by atoms with Gasteiger partial charge in [0.1, 0.15) is 12.2 Å². The summed E-state index contributed by atoms with van der Waals surface area (Å²) in [5, 5.41) is 18.7. The number of Topliss-reactive ketones (excluding diaryl/α,β-unsaturated/α-hetero) is 1. The Bertz CT molecular complexity index is 524. The first-order valence-corrected chi connectivity index (χ1v) is 7.05. The van der Waals surface area contributed by atoms with E-state index >= 15 is 0 Å². The molecule has 22 heavy (non-hydrogen) atoms. The Morgan fingerprint density at radius 1 is 1.41 bits per heavy atom. The van der Waals surface area contributed by atoms with E-state index in [0.29, 0.717) is 11.6 Å². The van der Waals surface area contributed by atoms with Crippen LogP contribution in [0.4, 0.5) is 5.69 Å². The Hall–Kier alpha value is -2.39. The van der Waals surface area contributed by atoms with Crippen molar-refractivity contribution < 1.29 is 14.7 Å². The quantitative estimate of drug-likeness (QED) is 0.619. The number of nitriles is 1. The van der Waals surface area contributed by atoms with Gasteiger partial charge in [-0.05, 0) is 45.9 Å². The summed E-state index contributed by atoms with van der Waals surface area (Å²) in [6.07, 6.45) is -0.361. The summed E-state index contributed by atoms with van der Waals surface area (Å²) in [7, 11) is 0. The van der Waals surface area contributed by atoms with Crippen molar-refractivity contribution in [3.05, 3.63) is 29.8 Å². The molecule has 0 heterocycles. The molecular weight excluding hydrogens is 282 g/mol. The van der Waals surface area contributed by atoms with Gasteiger partial charge in [-0.2, -0.15) is 5.26 Å². The van der Waals surface area contributed by atoms with E-state index in [4.69, 9.17) is 10.4 Å². The van der Waals surface area contributed by atoms with E-state index in [-0.39, 0.29) is 12.2 Å². The third kappa shape index (κ3) is 8.72. The number of nitrogens with one attached hydrogen (secondary N) is 1. The first-order valence-electron chi connectivity index (χ1n) is 7.05. The number of hydrogen-bond donors (Lipinski definition) is 2. The zero-order valence-electron chi connectivity index (χ0n) is 13.5. The predicted octanol–water partition coefficient (Wildman–Crippen LogP) is 2.35. The van der Waals surface area contributed by atoms with Crippen molar-refractivity contribution in [2.75, 3.05) is 11.6 Å². The van der Waals surface area contributed by atoms with Crippen LogP contribution in [0.25, 0.3) is 0 Å². The van der Waals surface area contributed by atoms with Crippen LogP contribution in [0.2, 0.25) is 0 Å². The Morgan fingerprint density at radius 2 is 2.05 bits per heavy atom. The molecule has 0 atom stereocenters. The molecule has 1 rings (SSSR count). The van der Waals surface area contributed by atoms with Gasteiger partial charge in [0, 0.05) is 12.6 Å². The fourth-order valence-electron chi connectivity index (χ4n) is 1.62. The largest absolute Gasteiger partial charge is 0.481 e. The van der Waals surface area contributed by atoms with Gasteiger partial charge in [-0.3, -0.25) is 9.59 Å². The molecule has 120 valence electrons. The molecule has 0 amide bonds. The molecule has 0 aromatic heterocycles. The molecule has 0 saturated carbocycles. The molecule has 0 radical (unpaired) electrons. The topological polar surface area (TPSA) is 93.4 Å². The lowest BCUT2D eigenvalue weighted by Crippen LogP contribution is -2.42. The summed E-state index contributed by atoms with van der Waals surface area (Å²) in [6, 6.07) is 10.1. The highest BCUT2D eigenvalue weighted by molar-refractivity contribution is 5.93. The van der Waals surface area contributed by atoms with E-state index in [1.807, 2.05) is 29.3 Å². The Balaban J connectivity index is 0.000000534. The lowest BCUT2D eigenvalue weighted by Gasteiger charge is -2.26. The van der Waals surface area contributed by atoms with Crippen molar-refractivity contribution in [2.24, 2.45) is 0 Å². The van der Waals surface area contributed by atoms with Crippen LogP contribution in [0, 0.1) is 11.3 Å². The lowest BCUT2D eigenvalue weighted by atomic mass is 10.2. The number of nitrogens with zero attached hydrogens (tertiary/aromatic N) is 2. The Labute approximate surface area is 131 Å². The van der Waals surface area contributed by atoms with Crippen LogP contribution in [0.5, 0.6) is 0 Å². The van der Waals surface area contributed by atoms with Crippen LogP contribution in [0.1, 0.15) is 39.7 Å². The Kier molecular flexibility index (Phi) is 9.23. The summed E-state index contributed by atoms with van der Waals surface area (Å²) in [6.45, 7) is 8.38. The van der Waals surface area contributed by atoms with Crippen LogP contribution >= 0.6 is 0 Å². The summed E-state index contributed by atoms with van der Waals surface area (Å²) in [5.41, 5.74) is 5.04. The van der Waals surface area contributed by atoms with E-state index in [1.165, 1.54) is 6.92 Å². The van der Waals surface area contributed by atoms with Crippen molar-refractivity contribution in [3.63, 3.8) is 0 Å². The number of ketones is 1. The number of rotatable bonds is 6. The van der Waals surface area contributed by atoms with Crippen LogP contribution < -0.4 is 10.4 Å². The average molecular weight is 305 g/mol. The zero-order valence-corrected chi connectivity index (χ0v) is 13.5. The first-order chi connectivity index (χ1) is 10.3. The van der Waals surface area contributed by atoms with Gasteiger partial charge in [0.15, 0.2) is 0 Å². The maximum absolute atomic E-state index is 9.87. The summed E-state index contributed by atoms with van der Waals surface area (Å²) in [4.78, 5) is 19.5. The number of benzene rings is 1. The van der Waals surface area contributed by atoms with E-state index in [2.05, 4.69) is 32.3 Å². The molecule has 0 saturated heterocycles. The van der Waals surface area contributed by atoms with E-state index in [0.717, 1.165) is 12.2 Å². The fourth-order valence-corrected chi connectivity index (χ4v) is 1.62. The highest BCUT2D eigenvalue weighted by Gasteiger charge is 2.05. The number of carboxylic acid groups (broad SMARTS) is 1. The number of anilines is 1. The van der Waals surface area contributed by atoms with Gasteiger partial charge in [0.05, 0.1) is 17.3 Å².